The van der Waals surface area contributed by atoms with Crippen LogP contribution in [-0.4, -0.2) is 23.5 Å². The van der Waals surface area contributed by atoms with Crippen LogP contribution >= 0.6 is 11.3 Å². The van der Waals surface area contributed by atoms with Crippen molar-refractivity contribution < 1.29 is 9.59 Å². The van der Waals surface area contributed by atoms with Crippen molar-refractivity contribution in [1.29, 1.82) is 0 Å². The monoisotopic (exact) mass is 344 g/mol. The van der Waals surface area contributed by atoms with Gasteiger partial charge in [0.05, 0.1) is 6.04 Å². The van der Waals surface area contributed by atoms with Gasteiger partial charge < -0.3 is 15.5 Å². The van der Waals surface area contributed by atoms with Crippen LogP contribution in [0, 0.1) is 6.92 Å². The SMILES string of the molecule is Cc1csc([C@@H](C)NC(=O)Nc2ccc(N3CCCC3=O)cc2)n1. The molecule has 1 atom stereocenters. The minimum Gasteiger partial charge on any atom is -0.329 e. The molecule has 126 valence electrons. The van der Waals surface area contributed by atoms with Gasteiger partial charge in [-0.2, -0.15) is 0 Å². The van der Waals surface area contributed by atoms with Crippen LogP contribution in [0.4, 0.5) is 16.2 Å². The number of amides is 3. The lowest BCUT2D eigenvalue weighted by atomic mass is 10.2. The Bertz CT molecular complexity index is 741. The van der Waals surface area contributed by atoms with E-state index in [0.717, 1.165) is 29.4 Å². The number of urea groups is 1. The number of carbonyl (C=O) groups is 2. The Morgan fingerprint density at radius 1 is 1.33 bits per heavy atom. The summed E-state index contributed by atoms with van der Waals surface area (Å²) in [5.74, 6) is 0.154. The maximum Gasteiger partial charge on any atom is 0.319 e. The number of aryl methyl sites for hydroxylation is 1. The quantitative estimate of drug-likeness (QED) is 0.892. The van der Waals surface area contributed by atoms with Gasteiger partial charge in [0.1, 0.15) is 5.01 Å². The molecule has 1 aromatic carbocycles. The fraction of sp³-hybridized carbons (Fsp3) is 0.353. The predicted molar refractivity (Wildman–Crippen MR) is 95.4 cm³/mol. The Kier molecular flexibility index (Phi) is 4.80. The molecule has 1 aromatic heterocycles. The van der Waals surface area contributed by atoms with Crippen LogP contribution in [0.1, 0.15) is 36.5 Å². The first-order valence-electron chi connectivity index (χ1n) is 7.93. The second-order valence-corrected chi connectivity index (χ2v) is 6.73. The normalized spacial score (nSPS) is 15.4. The van der Waals surface area contributed by atoms with E-state index < -0.39 is 0 Å². The van der Waals surface area contributed by atoms with Crippen molar-refractivity contribution in [2.75, 3.05) is 16.8 Å². The van der Waals surface area contributed by atoms with Crippen molar-refractivity contribution in [2.45, 2.75) is 32.7 Å². The highest BCUT2D eigenvalue weighted by Crippen LogP contribution is 2.23. The molecule has 0 spiro atoms. The van der Waals surface area contributed by atoms with Gasteiger partial charge in [-0.25, -0.2) is 9.78 Å². The van der Waals surface area contributed by atoms with Crippen molar-refractivity contribution in [2.24, 2.45) is 0 Å². The predicted octanol–water partition coefficient (Wildman–Crippen LogP) is 3.46. The average Bonchev–Trinajstić information content (AvgIpc) is 3.16. The maximum absolute atomic E-state index is 12.1. The second kappa shape index (κ2) is 7.00. The maximum atomic E-state index is 12.1. The van der Waals surface area contributed by atoms with E-state index in [0.29, 0.717) is 12.1 Å². The van der Waals surface area contributed by atoms with Gasteiger partial charge in [-0.3, -0.25) is 4.79 Å². The largest absolute Gasteiger partial charge is 0.329 e. The molecule has 2 N–H and O–H groups in total. The molecule has 2 aromatic rings. The van der Waals surface area contributed by atoms with E-state index in [1.54, 1.807) is 17.0 Å². The first kappa shape index (κ1) is 16.4. The van der Waals surface area contributed by atoms with Gasteiger partial charge in [-0.1, -0.05) is 0 Å². The third-order valence-corrected chi connectivity index (χ3v) is 5.01. The lowest BCUT2D eigenvalue weighted by Gasteiger charge is -2.16. The van der Waals surface area contributed by atoms with Gasteiger partial charge >= 0.3 is 6.03 Å². The number of nitrogens with zero attached hydrogens (tertiary/aromatic N) is 2. The molecule has 0 unspecified atom stereocenters. The third kappa shape index (κ3) is 3.73. The molecule has 24 heavy (non-hydrogen) atoms. The van der Waals surface area contributed by atoms with Gasteiger partial charge in [0.2, 0.25) is 5.91 Å². The van der Waals surface area contributed by atoms with E-state index in [4.69, 9.17) is 0 Å². The standard InChI is InChI=1S/C17H20N4O2S/c1-11-10-24-16(18-11)12(2)19-17(23)20-13-5-7-14(8-6-13)21-9-3-4-15(21)22/h5-8,10,12H,3-4,9H2,1-2H3,(H2,19,20,23)/t12-/m1/s1. The third-order valence-electron chi connectivity index (χ3n) is 3.87. The number of hydrogen-bond donors (Lipinski definition) is 2. The summed E-state index contributed by atoms with van der Waals surface area (Å²) in [6.07, 6.45) is 1.51. The Morgan fingerprint density at radius 3 is 2.67 bits per heavy atom. The van der Waals surface area contributed by atoms with Crippen molar-refractivity contribution >= 4 is 34.6 Å². The van der Waals surface area contributed by atoms with Gasteiger partial charge in [0, 0.05) is 35.4 Å². The van der Waals surface area contributed by atoms with E-state index in [1.165, 1.54) is 11.3 Å². The van der Waals surface area contributed by atoms with E-state index in [-0.39, 0.29) is 18.0 Å². The first-order valence-corrected chi connectivity index (χ1v) is 8.81. The second-order valence-electron chi connectivity index (χ2n) is 5.84. The molecule has 1 saturated heterocycles. The van der Waals surface area contributed by atoms with Crippen LogP contribution in [0.25, 0.3) is 0 Å². The minimum atomic E-state index is -0.277. The van der Waals surface area contributed by atoms with Gasteiger partial charge in [-0.15, -0.1) is 11.3 Å². The van der Waals surface area contributed by atoms with Crippen LogP contribution in [0.5, 0.6) is 0 Å². The number of nitrogens with one attached hydrogen (secondary N) is 2. The number of rotatable bonds is 4. The van der Waals surface area contributed by atoms with E-state index in [9.17, 15) is 9.59 Å². The Hall–Kier alpha value is -2.41. The molecule has 1 aliphatic heterocycles. The van der Waals surface area contributed by atoms with Crippen molar-refractivity contribution in [1.82, 2.24) is 10.3 Å². The molecule has 0 radical (unpaired) electrons. The highest BCUT2D eigenvalue weighted by atomic mass is 32.1. The topological polar surface area (TPSA) is 74.3 Å². The van der Waals surface area contributed by atoms with Crippen molar-refractivity contribution in [3.8, 4) is 0 Å². The van der Waals surface area contributed by atoms with Crippen LogP contribution in [-0.2, 0) is 4.79 Å². The molecule has 2 heterocycles. The van der Waals surface area contributed by atoms with E-state index in [2.05, 4.69) is 15.6 Å². The fourth-order valence-corrected chi connectivity index (χ4v) is 3.45. The molecule has 0 bridgehead atoms. The van der Waals surface area contributed by atoms with Gasteiger partial charge in [0.25, 0.3) is 0 Å². The van der Waals surface area contributed by atoms with E-state index in [1.807, 2.05) is 31.4 Å². The van der Waals surface area contributed by atoms with Gasteiger partial charge in [0.15, 0.2) is 0 Å². The fourth-order valence-electron chi connectivity index (χ4n) is 2.64. The molecule has 1 aliphatic rings. The Balaban J connectivity index is 1.57. The zero-order valence-electron chi connectivity index (χ0n) is 13.7. The molecular formula is C17H20N4O2S. The molecule has 3 rings (SSSR count). The molecule has 0 saturated carbocycles. The Morgan fingerprint density at radius 2 is 2.08 bits per heavy atom. The summed E-state index contributed by atoms with van der Waals surface area (Å²) in [6, 6.07) is 6.89. The first-order chi connectivity index (χ1) is 11.5. The lowest BCUT2D eigenvalue weighted by Crippen LogP contribution is -2.31. The zero-order chi connectivity index (χ0) is 17.1. The summed E-state index contributed by atoms with van der Waals surface area (Å²) in [5, 5.41) is 8.51. The molecule has 0 aliphatic carbocycles. The van der Waals surface area contributed by atoms with Crippen LogP contribution in [0.3, 0.4) is 0 Å². The number of hydrogen-bond acceptors (Lipinski definition) is 4. The number of carbonyl (C=O) groups excluding carboxylic acids is 2. The molecular weight excluding hydrogens is 324 g/mol. The highest BCUT2D eigenvalue weighted by Gasteiger charge is 2.21. The number of thiazole rings is 1. The minimum absolute atomic E-state index is 0.148. The molecule has 3 amide bonds. The summed E-state index contributed by atoms with van der Waals surface area (Å²) in [4.78, 5) is 30.0. The van der Waals surface area contributed by atoms with E-state index >= 15 is 0 Å². The highest BCUT2D eigenvalue weighted by molar-refractivity contribution is 7.09. The average molecular weight is 344 g/mol. The number of anilines is 2. The number of benzene rings is 1. The molecule has 6 nitrogen and oxygen atoms in total. The molecule has 1 fully saturated rings. The lowest BCUT2D eigenvalue weighted by molar-refractivity contribution is -0.117. The summed E-state index contributed by atoms with van der Waals surface area (Å²) in [6.45, 7) is 4.59. The van der Waals surface area contributed by atoms with Gasteiger partial charge in [-0.05, 0) is 44.5 Å². The summed E-state index contributed by atoms with van der Waals surface area (Å²) < 4.78 is 0. The smallest absolute Gasteiger partial charge is 0.319 e. The number of aromatic nitrogens is 1. The van der Waals surface area contributed by atoms with Crippen molar-refractivity contribution in [3.63, 3.8) is 0 Å². The van der Waals surface area contributed by atoms with Crippen LogP contribution < -0.4 is 15.5 Å². The Labute approximate surface area is 144 Å². The van der Waals surface area contributed by atoms with Crippen molar-refractivity contribution in [3.05, 3.63) is 40.3 Å². The summed E-state index contributed by atoms with van der Waals surface area (Å²) in [5.41, 5.74) is 2.51. The zero-order valence-corrected chi connectivity index (χ0v) is 14.5. The molecule has 7 heteroatoms. The van der Waals surface area contributed by atoms with Crippen LogP contribution in [0.15, 0.2) is 29.6 Å². The summed E-state index contributed by atoms with van der Waals surface area (Å²) in [7, 11) is 0. The van der Waals surface area contributed by atoms with Crippen LogP contribution in [0.2, 0.25) is 0 Å². The summed E-state index contributed by atoms with van der Waals surface area (Å²) >= 11 is 1.53.